The van der Waals surface area contributed by atoms with Gasteiger partial charge in [0.05, 0.1) is 12.2 Å². The van der Waals surface area contributed by atoms with Gasteiger partial charge in [-0.25, -0.2) is 0 Å². The Kier molecular flexibility index (Phi) is 1.37. The van der Waals surface area contributed by atoms with Gasteiger partial charge in [0, 0.05) is 0 Å². The molecule has 0 unspecified atom stereocenters. The van der Waals surface area contributed by atoms with Crippen molar-refractivity contribution in [3.05, 3.63) is 0 Å². The van der Waals surface area contributed by atoms with Gasteiger partial charge < -0.3 is 9.47 Å². The zero-order valence-electron chi connectivity index (χ0n) is 8.63. The lowest BCUT2D eigenvalue weighted by atomic mass is 9.72. The van der Waals surface area contributed by atoms with E-state index >= 15 is 0 Å². The van der Waals surface area contributed by atoms with Crippen molar-refractivity contribution in [3.8, 4) is 0 Å². The number of ether oxygens (including phenoxy) is 2. The van der Waals surface area contributed by atoms with Gasteiger partial charge in [-0.15, -0.1) is 0 Å². The summed E-state index contributed by atoms with van der Waals surface area (Å²) in [6.45, 7) is 0. The zero-order valence-corrected chi connectivity index (χ0v) is 8.63. The summed E-state index contributed by atoms with van der Waals surface area (Å²) in [5, 5.41) is 0. The lowest BCUT2D eigenvalue weighted by Gasteiger charge is -2.27. The molecular formula is C12H18O2. The highest BCUT2D eigenvalue weighted by Gasteiger charge is 2.79. The standard InChI is InChI=1S/C12H18O2/c1-3-7-11(9(5-1)13-11)12-8-4-2-6-10(12)14-12/h9-10H,1-8H2/t9-,10+,11+,12-. The van der Waals surface area contributed by atoms with Gasteiger partial charge in [-0.3, -0.25) is 0 Å². The monoisotopic (exact) mass is 194 g/mol. The fourth-order valence-corrected chi connectivity index (χ4v) is 4.07. The normalized spacial score (nSPS) is 60.0. The van der Waals surface area contributed by atoms with Crippen LogP contribution < -0.4 is 0 Å². The van der Waals surface area contributed by atoms with Gasteiger partial charge in [-0.1, -0.05) is 25.7 Å². The van der Waals surface area contributed by atoms with Gasteiger partial charge >= 0.3 is 0 Å². The fourth-order valence-electron chi connectivity index (χ4n) is 4.07. The highest BCUT2D eigenvalue weighted by Crippen LogP contribution is 2.66. The van der Waals surface area contributed by atoms with Gasteiger partial charge in [0.25, 0.3) is 0 Å². The van der Waals surface area contributed by atoms with E-state index < -0.39 is 0 Å². The SMILES string of the molecule is C1CC[C@@]2([C@]34CCCC[C@H]3O4)O[C@H]2C1. The van der Waals surface area contributed by atoms with E-state index in [0.29, 0.717) is 12.2 Å². The number of hydrogen-bond acceptors (Lipinski definition) is 2. The third kappa shape index (κ3) is 0.772. The Morgan fingerprint density at radius 3 is 1.64 bits per heavy atom. The Balaban J connectivity index is 1.63. The van der Waals surface area contributed by atoms with Crippen LogP contribution >= 0.6 is 0 Å². The molecule has 0 aromatic heterocycles. The van der Waals surface area contributed by atoms with Crippen LogP contribution in [-0.4, -0.2) is 23.4 Å². The van der Waals surface area contributed by atoms with Crippen LogP contribution in [-0.2, 0) is 9.47 Å². The fraction of sp³-hybridized carbons (Fsp3) is 1.00. The van der Waals surface area contributed by atoms with Crippen molar-refractivity contribution >= 4 is 0 Å². The molecule has 0 amide bonds. The Hall–Kier alpha value is -0.0800. The first-order chi connectivity index (χ1) is 6.87. The molecule has 2 aliphatic heterocycles. The molecule has 0 bridgehead atoms. The van der Waals surface area contributed by atoms with Gasteiger partial charge in [-0.2, -0.15) is 0 Å². The molecule has 4 aliphatic rings. The van der Waals surface area contributed by atoms with E-state index in [2.05, 4.69) is 0 Å². The molecule has 4 atom stereocenters. The van der Waals surface area contributed by atoms with Crippen molar-refractivity contribution < 1.29 is 9.47 Å². The molecule has 2 heteroatoms. The Morgan fingerprint density at radius 1 is 0.714 bits per heavy atom. The summed E-state index contributed by atoms with van der Waals surface area (Å²) < 4.78 is 12.0. The van der Waals surface area contributed by atoms with Gasteiger partial charge in [0.2, 0.25) is 0 Å². The second-order valence-electron chi connectivity index (χ2n) is 5.48. The quantitative estimate of drug-likeness (QED) is 0.599. The van der Waals surface area contributed by atoms with Gasteiger partial charge in [-0.05, 0) is 25.7 Å². The summed E-state index contributed by atoms with van der Waals surface area (Å²) in [5.41, 5.74) is 0.409. The first-order valence-corrected chi connectivity index (χ1v) is 6.23. The van der Waals surface area contributed by atoms with Crippen LogP contribution in [0, 0.1) is 0 Å². The maximum Gasteiger partial charge on any atom is 0.126 e. The van der Waals surface area contributed by atoms with Crippen LogP contribution in [0.2, 0.25) is 0 Å². The van der Waals surface area contributed by atoms with Crippen molar-refractivity contribution in [2.75, 3.05) is 0 Å². The second kappa shape index (κ2) is 2.35. The van der Waals surface area contributed by atoms with Crippen molar-refractivity contribution in [2.45, 2.75) is 74.8 Å². The maximum absolute atomic E-state index is 6.02. The van der Waals surface area contributed by atoms with E-state index in [4.69, 9.17) is 9.47 Å². The van der Waals surface area contributed by atoms with E-state index in [0.717, 1.165) is 0 Å². The second-order valence-corrected chi connectivity index (χ2v) is 5.48. The van der Waals surface area contributed by atoms with Crippen LogP contribution in [0.15, 0.2) is 0 Å². The largest absolute Gasteiger partial charge is 0.363 e. The summed E-state index contributed by atoms with van der Waals surface area (Å²) in [6.07, 6.45) is 11.7. The predicted octanol–water partition coefficient (Wildman–Crippen LogP) is 2.41. The highest BCUT2D eigenvalue weighted by atomic mass is 16.7. The Bertz CT molecular complexity index is 249. The summed E-state index contributed by atoms with van der Waals surface area (Å²) in [4.78, 5) is 0. The van der Waals surface area contributed by atoms with E-state index in [1.807, 2.05) is 0 Å². The molecule has 2 nitrogen and oxygen atoms in total. The Labute approximate surface area is 85.0 Å². The lowest BCUT2D eigenvalue weighted by molar-refractivity contribution is 0.134. The van der Waals surface area contributed by atoms with Gasteiger partial charge in [0.15, 0.2) is 0 Å². The average Bonchev–Trinajstić information content (AvgIpc) is 3.11. The zero-order chi connectivity index (χ0) is 9.23. The number of fused-ring (bicyclic) bond motifs is 3. The molecule has 2 saturated heterocycles. The molecule has 0 aromatic rings. The summed E-state index contributed by atoms with van der Waals surface area (Å²) in [6, 6.07) is 0. The van der Waals surface area contributed by atoms with Crippen molar-refractivity contribution in [3.63, 3.8) is 0 Å². The van der Waals surface area contributed by atoms with Crippen molar-refractivity contribution in [1.82, 2.24) is 0 Å². The molecule has 78 valence electrons. The predicted molar refractivity (Wildman–Crippen MR) is 52.1 cm³/mol. The molecule has 0 radical (unpaired) electrons. The minimum absolute atomic E-state index is 0.205. The minimum atomic E-state index is 0.205. The van der Waals surface area contributed by atoms with Crippen LogP contribution in [0.25, 0.3) is 0 Å². The van der Waals surface area contributed by atoms with E-state index in [1.54, 1.807) is 0 Å². The van der Waals surface area contributed by atoms with Crippen LogP contribution in [0.4, 0.5) is 0 Å². The maximum atomic E-state index is 6.02. The first-order valence-electron chi connectivity index (χ1n) is 6.23. The molecule has 4 fully saturated rings. The minimum Gasteiger partial charge on any atom is -0.363 e. The molecule has 2 saturated carbocycles. The van der Waals surface area contributed by atoms with Crippen molar-refractivity contribution in [2.24, 2.45) is 0 Å². The molecule has 14 heavy (non-hydrogen) atoms. The first kappa shape index (κ1) is 8.12. The van der Waals surface area contributed by atoms with Crippen molar-refractivity contribution in [1.29, 1.82) is 0 Å². The summed E-state index contributed by atoms with van der Waals surface area (Å²) in [7, 11) is 0. The van der Waals surface area contributed by atoms with E-state index in [1.165, 1.54) is 51.4 Å². The molecular weight excluding hydrogens is 176 g/mol. The topological polar surface area (TPSA) is 25.1 Å². The third-order valence-electron chi connectivity index (χ3n) is 4.88. The summed E-state index contributed by atoms with van der Waals surface area (Å²) in [5.74, 6) is 0. The molecule has 2 heterocycles. The van der Waals surface area contributed by atoms with Crippen LogP contribution in [0.5, 0.6) is 0 Å². The number of epoxide rings is 2. The van der Waals surface area contributed by atoms with E-state index in [9.17, 15) is 0 Å². The smallest absolute Gasteiger partial charge is 0.126 e. The third-order valence-corrected chi connectivity index (χ3v) is 4.88. The van der Waals surface area contributed by atoms with Crippen LogP contribution in [0.3, 0.4) is 0 Å². The average molecular weight is 194 g/mol. The van der Waals surface area contributed by atoms with Gasteiger partial charge in [0.1, 0.15) is 11.2 Å². The molecule has 2 aliphatic carbocycles. The Morgan fingerprint density at radius 2 is 1.21 bits per heavy atom. The summed E-state index contributed by atoms with van der Waals surface area (Å²) >= 11 is 0. The molecule has 0 spiro atoms. The molecule has 4 rings (SSSR count). The number of rotatable bonds is 1. The lowest BCUT2D eigenvalue weighted by Crippen LogP contribution is -2.41. The van der Waals surface area contributed by atoms with Crippen LogP contribution in [0.1, 0.15) is 51.4 Å². The highest BCUT2D eigenvalue weighted by molar-refractivity contribution is 5.27. The molecule has 0 aromatic carbocycles. The molecule has 0 N–H and O–H groups in total. The number of hydrogen-bond donors (Lipinski definition) is 0. The van der Waals surface area contributed by atoms with E-state index in [-0.39, 0.29) is 11.2 Å².